The van der Waals surface area contributed by atoms with Crippen molar-refractivity contribution in [1.29, 1.82) is 0 Å². The van der Waals surface area contributed by atoms with Gasteiger partial charge in [-0.2, -0.15) is 4.31 Å². The molecule has 2 aromatic carbocycles. The van der Waals surface area contributed by atoms with Crippen molar-refractivity contribution >= 4 is 10.0 Å². The van der Waals surface area contributed by atoms with Gasteiger partial charge in [0.1, 0.15) is 22.5 Å². The molecule has 7 nitrogen and oxygen atoms in total. The zero-order chi connectivity index (χ0) is 25.6. The Balaban J connectivity index is 2.05. The highest BCUT2D eigenvalue weighted by molar-refractivity contribution is 7.89. The maximum absolute atomic E-state index is 13.6. The van der Waals surface area contributed by atoms with Gasteiger partial charge in [0.25, 0.3) is 0 Å². The summed E-state index contributed by atoms with van der Waals surface area (Å²) in [5.74, 6) is 7.15. The van der Waals surface area contributed by atoms with Crippen molar-refractivity contribution in [3.05, 3.63) is 53.6 Å². The topological polar surface area (TPSA) is 79.3 Å². The quantitative estimate of drug-likeness (QED) is 0.589. The van der Waals surface area contributed by atoms with Gasteiger partial charge in [-0.05, 0) is 63.3 Å². The summed E-state index contributed by atoms with van der Waals surface area (Å²) in [5, 5.41) is 9.78. The number of aliphatic hydroxyl groups is 1. The Morgan fingerprint density at radius 1 is 1.23 bits per heavy atom. The summed E-state index contributed by atoms with van der Waals surface area (Å²) in [5.41, 5.74) is 1.44. The van der Waals surface area contributed by atoms with Crippen LogP contribution < -0.4 is 9.47 Å². The summed E-state index contributed by atoms with van der Waals surface area (Å²) in [7, 11) is -0.223. The van der Waals surface area contributed by atoms with Crippen LogP contribution >= 0.6 is 0 Å². The van der Waals surface area contributed by atoms with Gasteiger partial charge < -0.3 is 19.5 Å². The lowest BCUT2D eigenvalue weighted by Crippen LogP contribution is -2.49. The predicted molar refractivity (Wildman–Crippen MR) is 137 cm³/mol. The summed E-state index contributed by atoms with van der Waals surface area (Å²) < 4.78 is 40.2. The van der Waals surface area contributed by atoms with Crippen LogP contribution in [0.15, 0.2) is 47.4 Å². The van der Waals surface area contributed by atoms with Crippen molar-refractivity contribution in [2.24, 2.45) is 5.92 Å². The molecule has 0 fully saturated rings. The number of rotatable bonds is 7. The van der Waals surface area contributed by atoms with E-state index >= 15 is 0 Å². The normalized spacial score (nSPS) is 20.5. The van der Waals surface area contributed by atoms with E-state index in [9.17, 15) is 13.5 Å². The molecule has 2 aromatic rings. The van der Waals surface area contributed by atoms with E-state index in [0.29, 0.717) is 17.9 Å². The van der Waals surface area contributed by atoms with Crippen LogP contribution in [0, 0.1) is 17.8 Å². The Bertz CT molecular complexity index is 1170. The third kappa shape index (κ3) is 6.56. The molecule has 0 unspecified atom stereocenters. The van der Waals surface area contributed by atoms with Crippen molar-refractivity contribution in [2.45, 2.75) is 44.2 Å². The molecule has 0 spiro atoms. The fourth-order valence-electron chi connectivity index (χ4n) is 4.15. The monoisotopic (exact) mass is 500 g/mol. The maximum Gasteiger partial charge on any atom is 0.247 e. The highest BCUT2D eigenvalue weighted by Crippen LogP contribution is 2.34. The number of hydrogen-bond acceptors (Lipinski definition) is 6. The van der Waals surface area contributed by atoms with Gasteiger partial charge in [-0.15, -0.1) is 0 Å². The number of ether oxygens (including phenoxy) is 2. The third-order valence-corrected chi connectivity index (χ3v) is 8.20. The van der Waals surface area contributed by atoms with Crippen LogP contribution in [0.2, 0.25) is 0 Å². The lowest BCUT2D eigenvalue weighted by atomic mass is 10.0. The third-order valence-electron chi connectivity index (χ3n) is 6.18. The summed E-state index contributed by atoms with van der Waals surface area (Å²) in [6.07, 6.45) is 0.788. The molecule has 0 saturated carbocycles. The summed E-state index contributed by atoms with van der Waals surface area (Å²) in [4.78, 5) is 2.29. The lowest BCUT2D eigenvalue weighted by molar-refractivity contribution is 0.0752. The molecular weight excluding hydrogens is 464 g/mol. The minimum Gasteiger partial charge on any atom is -0.497 e. The fraction of sp³-hybridized carbons (Fsp3) is 0.481. The van der Waals surface area contributed by atoms with E-state index in [0.717, 1.165) is 24.3 Å². The highest BCUT2D eigenvalue weighted by Gasteiger charge is 2.38. The van der Waals surface area contributed by atoms with Gasteiger partial charge in [0.15, 0.2) is 0 Å². The van der Waals surface area contributed by atoms with Crippen LogP contribution in [0.3, 0.4) is 0 Å². The zero-order valence-electron chi connectivity index (χ0n) is 21.2. The molecule has 0 bridgehead atoms. The SMILES string of the molecule is CCCN(C)C[C@@H]1Oc2cc(C#Cc3cccc(OC)c3)ccc2S(=O)(=O)N([C@@H](C)CO)C[C@@H]1C. The number of benzene rings is 2. The predicted octanol–water partition coefficient (Wildman–Crippen LogP) is 3.21. The Kier molecular flexibility index (Phi) is 9.20. The largest absolute Gasteiger partial charge is 0.497 e. The van der Waals surface area contributed by atoms with E-state index in [1.54, 1.807) is 32.2 Å². The number of methoxy groups -OCH3 is 1. The first-order valence-corrected chi connectivity index (χ1v) is 13.4. The molecular formula is C27H36N2O5S. The van der Waals surface area contributed by atoms with E-state index in [4.69, 9.17) is 9.47 Å². The molecule has 1 aliphatic heterocycles. The molecule has 3 rings (SSSR count). The van der Waals surface area contributed by atoms with Crippen molar-refractivity contribution in [1.82, 2.24) is 9.21 Å². The Morgan fingerprint density at radius 2 is 1.94 bits per heavy atom. The molecule has 8 heteroatoms. The van der Waals surface area contributed by atoms with Crippen molar-refractivity contribution in [2.75, 3.05) is 40.4 Å². The smallest absolute Gasteiger partial charge is 0.247 e. The molecule has 3 atom stereocenters. The molecule has 1 heterocycles. The molecule has 1 aliphatic rings. The number of fused-ring (bicyclic) bond motifs is 1. The van der Waals surface area contributed by atoms with Crippen molar-refractivity contribution in [3.63, 3.8) is 0 Å². The van der Waals surface area contributed by atoms with E-state index < -0.39 is 16.1 Å². The molecule has 0 aliphatic carbocycles. The Labute approximate surface area is 209 Å². The van der Waals surface area contributed by atoms with Gasteiger partial charge in [0, 0.05) is 36.2 Å². The molecule has 0 radical (unpaired) electrons. The summed E-state index contributed by atoms with van der Waals surface area (Å²) in [6, 6.07) is 11.9. The molecule has 190 valence electrons. The minimum atomic E-state index is -3.87. The number of hydrogen-bond donors (Lipinski definition) is 1. The van der Waals surface area contributed by atoms with Gasteiger partial charge in [-0.1, -0.05) is 31.8 Å². The molecule has 0 amide bonds. The van der Waals surface area contributed by atoms with Crippen LogP contribution in [-0.4, -0.2) is 75.3 Å². The van der Waals surface area contributed by atoms with Gasteiger partial charge in [-0.3, -0.25) is 0 Å². The summed E-state index contributed by atoms with van der Waals surface area (Å²) in [6.45, 7) is 7.43. The average Bonchev–Trinajstić information content (AvgIpc) is 2.84. The summed E-state index contributed by atoms with van der Waals surface area (Å²) >= 11 is 0. The van der Waals surface area contributed by atoms with Gasteiger partial charge in [-0.25, -0.2) is 8.42 Å². The number of nitrogens with zero attached hydrogens (tertiary/aromatic N) is 2. The Morgan fingerprint density at radius 3 is 2.60 bits per heavy atom. The Hall–Kier alpha value is -2.57. The van der Waals surface area contributed by atoms with Crippen LogP contribution in [0.25, 0.3) is 0 Å². The number of sulfonamides is 1. The van der Waals surface area contributed by atoms with Crippen LogP contribution in [0.4, 0.5) is 0 Å². The second-order valence-corrected chi connectivity index (χ2v) is 11.0. The molecule has 35 heavy (non-hydrogen) atoms. The first-order valence-electron chi connectivity index (χ1n) is 12.0. The van der Waals surface area contributed by atoms with E-state index in [1.165, 1.54) is 4.31 Å². The zero-order valence-corrected chi connectivity index (χ0v) is 22.0. The minimum absolute atomic E-state index is 0.0854. The molecule has 1 N–H and O–H groups in total. The van der Waals surface area contributed by atoms with Crippen LogP contribution in [0.5, 0.6) is 11.5 Å². The maximum atomic E-state index is 13.6. The van der Waals surface area contributed by atoms with Gasteiger partial charge in [0.2, 0.25) is 10.0 Å². The average molecular weight is 501 g/mol. The standard InChI is InChI=1S/C27H36N2O5S/c1-6-14-28(4)18-26-20(2)17-29(21(3)19-30)35(31,32)27-13-12-23(16-25(27)34-26)11-10-22-8-7-9-24(15-22)33-5/h7-9,12-13,15-16,20-21,26,30H,6,14,17-19H2,1-5H3/t20-,21-,26-/m0/s1. The first-order chi connectivity index (χ1) is 16.7. The van der Waals surface area contributed by atoms with Crippen LogP contribution in [0.1, 0.15) is 38.3 Å². The second-order valence-electron chi connectivity index (χ2n) is 9.15. The van der Waals surface area contributed by atoms with Gasteiger partial charge in [0.05, 0.1) is 13.7 Å². The van der Waals surface area contributed by atoms with Crippen molar-refractivity contribution in [3.8, 4) is 23.3 Å². The highest BCUT2D eigenvalue weighted by atomic mass is 32.2. The molecule has 0 aromatic heterocycles. The number of likely N-dealkylation sites (N-methyl/N-ethyl adjacent to an activating group) is 1. The first kappa shape index (κ1) is 27.0. The van der Waals surface area contributed by atoms with E-state index in [2.05, 4.69) is 23.7 Å². The van der Waals surface area contributed by atoms with E-state index in [-0.39, 0.29) is 30.1 Å². The van der Waals surface area contributed by atoms with Gasteiger partial charge >= 0.3 is 0 Å². The lowest BCUT2D eigenvalue weighted by Gasteiger charge is -2.37. The fourth-order valence-corrected chi connectivity index (χ4v) is 5.97. The van der Waals surface area contributed by atoms with Crippen LogP contribution in [-0.2, 0) is 10.0 Å². The van der Waals surface area contributed by atoms with Crippen molar-refractivity contribution < 1.29 is 23.0 Å². The molecule has 0 saturated heterocycles. The van der Waals surface area contributed by atoms with E-state index in [1.807, 2.05) is 38.2 Å². The second kappa shape index (κ2) is 11.9. The number of aliphatic hydroxyl groups excluding tert-OH is 1.